The van der Waals surface area contributed by atoms with Crippen LogP contribution in [0, 0.1) is 5.82 Å². The molecule has 1 aromatic carbocycles. The lowest BCUT2D eigenvalue weighted by Crippen LogP contribution is -2.42. The first-order valence-electron chi connectivity index (χ1n) is 5.66. The molecule has 0 saturated heterocycles. The summed E-state index contributed by atoms with van der Waals surface area (Å²) in [5.74, 6) is -2.30. The van der Waals surface area contributed by atoms with E-state index in [2.05, 4.69) is 4.72 Å². The molecule has 1 aromatic rings. The predicted octanol–water partition coefficient (Wildman–Crippen LogP) is 1.99. The minimum absolute atomic E-state index is 0.281. The molecule has 0 bridgehead atoms. The summed E-state index contributed by atoms with van der Waals surface area (Å²) in [6, 6.07) is 2.66. The summed E-state index contributed by atoms with van der Waals surface area (Å²) >= 11 is 0. The second kappa shape index (κ2) is 5.26. The number of benzene rings is 1. The molecule has 5 nitrogen and oxygen atoms in total. The molecule has 0 fully saturated rings. The van der Waals surface area contributed by atoms with Crippen LogP contribution in [0.5, 0.6) is 0 Å². The van der Waals surface area contributed by atoms with Gasteiger partial charge in [0.05, 0.1) is 5.56 Å². The number of sulfonamides is 1. The van der Waals surface area contributed by atoms with Gasteiger partial charge < -0.3 is 5.11 Å². The zero-order valence-electron chi connectivity index (χ0n) is 10.9. The van der Waals surface area contributed by atoms with Crippen molar-refractivity contribution in [3.8, 4) is 0 Å². The van der Waals surface area contributed by atoms with Gasteiger partial charge in [-0.3, -0.25) is 0 Å². The van der Waals surface area contributed by atoms with Gasteiger partial charge >= 0.3 is 5.97 Å². The number of rotatable bonds is 5. The molecule has 0 saturated carbocycles. The van der Waals surface area contributed by atoms with Crippen molar-refractivity contribution in [2.75, 3.05) is 0 Å². The Bertz CT molecular complexity index is 596. The molecule has 1 rings (SSSR count). The fourth-order valence-electron chi connectivity index (χ4n) is 1.33. The number of carboxylic acids is 1. The van der Waals surface area contributed by atoms with Gasteiger partial charge in [-0.15, -0.1) is 0 Å². The average Bonchev–Trinajstić information content (AvgIpc) is 2.27. The van der Waals surface area contributed by atoms with Crippen LogP contribution in [0.1, 0.15) is 37.6 Å². The van der Waals surface area contributed by atoms with Gasteiger partial charge in [0.15, 0.2) is 0 Å². The maximum Gasteiger partial charge on any atom is 0.335 e. The maximum absolute atomic E-state index is 13.6. The highest BCUT2D eigenvalue weighted by Gasteiger charge is 2.27. The Morgan fingerprint density at radius 1 is 1.42 bits per heavy atom. The van der Waals surface area contributed by atoms with E-state index in [4.69, 9.17) is 5.11 Å². The van der Waals surface area contributed by atoms with Gasteiger partial charge in [-0.2, -0.15) is 0 Å². The van der Waals surface area contributed by atoms with Crippen molar-refractivity contribution in [1.82, 2.24) is 4.72 Å². The second-order valence-electron chi connectivity index (χ2n) is 4.79. The molecule has 2 N–H and O–H groups in total. The molecule has 0 aliphatic carbocycles. The zero-order valence-corrected chi connectivity index (χ0v) is 11.7. The fourth-order valence-corrected chi connectivity index (χ4v) is 2.92. The van der Waals surface area contributed by atoms with Crippen LogP contribution in [-0.4, -0.2) is 25.0 Å². The molecule has 7 heteroatoms. The van der Waals surface area contributed by atoms with Crippen LogP contribution in [0.4, 0.5) is 4.39 Å². The Morgan fingerprint density at radius 2 is 2.00 bits per heavy atom. The molecular formula is C12H16FNO4S. The Morgan fingerprint density at radius 3 is 2.47 bits per heavy atom. The standard InChI is InChI=1S/C12H16FNO4S/c1-4-12(2,3)14-19(17,18)10-7-8(11(15)16)5-6-9(10)13/h5-7,14H,4H2,1-3H3,(H,15,16). The first-order chi connectivity index (χ1) is 8.59. The van der Waals surface area contributed by atoms with Gasteiger partial charge in [0.2, 0.25) is 10.0 Å². The average molecular weight is 289 g/mol. The SMILES string of the molecule is CCC(C)(C)NS(=O)(=O)c1cc(C(=O)O)ccc1F. The van der Waals surface area contributed by atoms with Crippen molar-refractivity contribution in [3.63, 3.8) is 0 Å². The number of carbonyl (C=O) groups is 1. The largest absolute Gasteiger partial charge is 0.478 e. The quantitative estimate of drug-likeness (QED) is 0.868. The number of aromatic carboxylic acids is 1. The van der Waals surface area contributed by atoms with Crippen LogP contribution < -0.4 is 4.72 Å². The van der Waals surface area contributed by atoms with E-state index in [0.29, 0.717) is 6.42 Å². The molecule has 0 spiro atoms. The highest BCUT2D eigenvalue weighted by molar-refractivity contribution is 7.89. The predicted molar refractivity (Wildman–Crippen MR) is 68.1 cm³/mol. The van der Waals surface area contributed by atoms with Crippen LogP contribution >= 0.6 is 0 Å². The summed E-state index contributed by atoms with van der Waals surface area (Å²) in [5, 5.41) is 8.81. The molecule has 0 aromatic heterocycles. The van der Waals surface area contributed by atoms with Crippen molar-refractivity contribution >= 4 is 16.0 Å². The third-order valence-corrected chi connectivity index (χ3v) is 4.48. The first-order valence-corrected chi connectivity index (χ1v) is 7.14. The number of hydrogen-bond acceptors (Lipinski definition) is 3. The highest BCUT2D eigenvalue weighted by atomic mass is 32.2. The van der Waals surface area contributed by atoms with Gasteiger partial charge in [0, 0.05) is 5.54 Å². The lowest BCUT2D eigenvalue weighted by atomic mass is 10.0. The Balaban J connectivity index is 3.28. The van der Waals surface area contributed by atoms with E-state index in [1.807, 2.05) is 0 Å². The van der Waals surface area contributed by atoms with Gasteiger partial charge in [-0.05, 0) is 38.5 Å². The topological polar surface area (TPSA) is 83.5 Å². The lowest BCUT2D eigenvalue weighted by Gasteiger charge is -2.24. The Kier molecular flexibility index (Phi) is 4.32. The van der Waals surface area contributed by atoms with E-state index in [-0.39, 0.29) is 5.56 Å². The van der Waals surface area contributed by atoms with E-state index in [1.165, 1.54) is 0 Å². The van der Waals surface area contributed by atoms with E-state index in [9.17, 15) is 17.6 Å². The number of nitrogens with one attached hydrogen (secondary N) is 1. The Hall–Kier alpha value is -1.47. The van der Waals surface area contributed by atoms with Crippen molar-refractivity contribution in [2.45, 2.75) is 37.6 Å². The van der Waals surface area contributed by atoms with Crippen LogP contribution in [0.2, 0.25) is 0 Å². The van der Waals surface area contributed by atoms with Crippen molar-refractivity contribution in [1.29, 1.82) is 0 Å². The molecule has 0 atom stereocenters. The van der Waals surface area contributed by atoms with E-state index < -0.39 is 32.2 Å². The minimum Gasteiger partial charge on any atom is -0.478 e. The smallest absolute Gasteiger partial charge is 0.335 e. The highest BCUT2D eigenvalue weighted by Crippen LogP contribution is 2.19. The lowest BCUT2D eigenvalue weighted by molar-refractivity contribution is 0.0696. The number of halogens is 1. The summed E-state index contributed by atoms with van der Waals surface area (Å²) < 4.78 is 40.1. The van der Waals surface area contributed by atoms with E-state index >= 15 is 0 Å². The third-order valence-electron chi connectivity index (χ3n) is 2.76. The molecule has 0 aliphatic rings. The second-order valence-corrected chi connectivity index (χ2v) is 6.44. The Labute approximate surface area is 111 Å². The summed E-state index contributed by atoms with van der Waals surface area (Å²) in [6.45, 7) is 5.10. The van der Waals surface area contributed by atoms with Crippen molar-refractivity contribution < 1.29 is 22.7 Å². The van der Waals surface area contributed by atoms with Crippen LogP contribution in [0.25, 0.3) is 0 Å². The van der Waals surface area contributed by atoms with Gasteiger partial charge in [0.25, 0.3) is 0 Å². The molecule has 19 heavy (non-hydrogen) atoms. The minimum atomic E-state index is -4.11. The van der Waals surface area contributed by atoms with Gasteiger partial charge in [0.1, 0.15) is 10.7 Å². The normalized spacial score (nSPS) is 12.4. The molecule has 0 amide bonds. The van der Waals surface area contributed by atoms with Crippen LogP contribution in [0.3, 0.4) is 0 Å². The monoisotopic (exact) mass is 289 g/mol. The summed E-state index contributed by atoms with van der Waals surface area (Å²) in [7, 11) is -4.11. The molecule has 0 aliphatic heterocycles. The van der Waals surface area contributed by atoms with Gasteiger partial charge in [-0.25, -0.2) is 22.3 Å². The van der Waals surface area contributed by atoms with Crippen molar-refractivity contribution in [2.24, 2.45) is 0 Å². The van der Waals surface area contributed by atoms with Crippen LogP contribution in [0.15, 0.2) is 23.1 Å². The molecule has 0 unspecified atom stereocenters. The first kappa shape index (κ1) is 15.6. The summed E-state index contributed by atoms with van der Waals surface area (Å²) in [6.07, 6.45) is 0.506. The molecular weight excluding hydrogens is 273 g/mol. The summed E-state index contributed by atoms with van der Waals surface area (Å²) in [4.78, 5) is 10.1. The molecule has 0 heterocycles. The summed E-state index contributed by atoms with van der Waals surface area (Å²) in [5.41, 5.74) is -1.03. The zero-order chi connectivity index (χ0) is 14.8. The fraction of sp³-hybridized carbons (Fsp3) is 0.417. The molecule has 106 valence electrons. The number of hydrogen-bond donors (Lipinski definition) is 2. The van der Waals surface area contributed by atoms with E-state index in [1.54, 1.807) is 20.8 Å². The number of carboxylic acid groups (broad SMARTS) is 1. The van der Waals surface area contributed by atoms with Crippen molar-refractivity contribution in [3.05, 3.63) is 29.6 Å². The van der Waals surface area contributed by atoms with Crippen LogP contribution in [-0.2, 0) is 10.0 Å². The van der Waals surface area contributed by atoms with Gasteiger partial charge in [-0.1, -0.05) is 6.92 Å². The van der Waals surface area contributed by atoms with E-state index in [0.717, 1.165) is 18.2 Å². The maximum atomic E-state index is 13.6. The molecule has 0 radical (unpaired) electrons. The third kappa shape index (κ3) is 3.74.